The maximum absolute atomic E-state index is 11.9. The summed E-state index contributed by atoms with van der Waals surface area (Å²) in [6, 6.07) is 0. The summed E-state index contributed by atoms with van der Waals surface area (Å²) in [5, 5.41) is 21.8. The lowest BCUT2D eigenvalue weighted by Gasteiger charge is -2.13. The molecule has 4 N–H and O–H groups in total. The number of oxime groups is 1. The molecular formula is C9H14N6O2. The Morgan fingerprint density at radius 3 is 2.94 bits per heavy atom. The second kappa shape index (κ2) is 4.04. The molecule has 0 aliphatic heterocycles. The van der Waals surface area contributed by atoms with Gasteiger partial charge in [0.15, 0.2) is 11.7 Å². The highest BCUT2D eigenvalue weighted by Crippen LogP contribution is 2.46. The Morgan fingerprint density at radius 2 is 2.47 bits per heavy atom. The standard InChI is InChI=1S/C9H14N6O2/c1-15-5-12-13-6(15)4-11-8(16)9(2-3-9)7(10)14-17/h5,17H,2-4H2,1H3,(H2,10,14)(H,11,16). The SMILES string of the molecule is Cn1cnnc1CNC(=O)C1(C(N)=NO)CC1. The monoisotopic (exact) mass is 238 g/mol. The van der Waals surface area contributed by atoms with Crippen LogP contribution in [0.5, 0.6) is 0 Å². The minimum Gasteiger partial charge on any atom is -0.409 e. The molecule has 1 fully saturated rings. The maximum Gasteiger partial charge on any atom is 0.234 e. The molecule has 0 unspecified atom stereocenters. The summed E-state index contributed by atoms with van der Waals surface area (Å²) in [5.41, 5.74) is 4.67. The number of amides is 1. The lowest BCUT2D eigenvalue weighted by molar-refractivity contribution is -0.124. The number of aryl methyl sites for hydroxylation is 1. The van der Waals surface area contributed by atoms with Gasteiger partial charge in [0.05, 0.1) is 6.54 Å². The number of rotatable bonds is 4. The zero-order valence-corrected chi connectivity index (χ0v) is 9.42. The third-order valence-electron chi connectivity index (χ3n) is 2.99. The molecule has 1 saturated carbocycles. The fourth-order valence-electron chi connectivity index (χ4n) is 1.62. The van der Waals surface area contributed by atoms with Crippen LogP contribution in [0, 0.1) is 5.41 Å². The summed E-state index contributed by atoms with van der Waals surface area (Å²) >= 11 is 0. The Labute approximate surface area is 97.5 Å². The van der Waals surface area contributed by atoms with E-state index in [1.807, 2.05) is 0 Å². The molecule has 1 heterocycles. The first kappa shape index (κ1) is 11.4. The van der Waals surface area contributed by atoms with Crippen molar-refractivity contribution < 1.29 is 10.0 Å². The molecule has 0 radical (unpaired) electrons. The van der Waals surface area contributed by atoms with Gasteiger partial charge in [-0.15, -0.1) is 10.2 Å². The number of nitrogens with one attached hydrogen (secondary N) is 1. The van der Waals surface area contributed by atoms with E-state index in [-0.39, 0.29) is 18.3 Å². The first-order chi connectivity index (χ1) is 8.10. The number of nitrogens with two attached hydrogens (primary N) is 1. The lowest BCUT2D eigenvalue weighted by Crippen LogP contribution is -2.40. The number of hydrogen-bond donors (Lipinski definition) is 3. The number of nitrogens with zero attached hydrogens (tertiary/aromatic N) is 4. The van der Waals surface area contributed by atoms with Crippen molar-refractivity contribution in [3.63, 3.8) is 0 Å². The van der Waals surface area contributed by atoms with Crippen LogP contribution in [-0.2, 0) is 18.4 Å². The van der Waals surface area contributed by atoms with Gasteiger partial charge in [-0.2, -0.15) is 0 Å². The third-order valence-corrected chi connectivity index (χ3v) is 2.99. The van der Waals surface area contributed by atoms with Gasteiger partial charge in [0.1, 0.15) is 11.7 Å². The minimum absolute atomic E-state index is 0.0343. The van der Waals surface area contributed by atoms with Crippen molar-refractivity contribution in [2.45, 2.75) is 19.4 Å². The molecule has 0 spiro atoms. The summed E-state index contributed by atoms with van der Waals surface area (Å²) in [5.74, 6) is 0.373. The number of carbonyl (C=O) groups is 1. The quantitative estimate of drug-likeness (QED) is 0.268. The molecular weight excluding hydrogens is 224 g/mol. The van der Waals surface area contributed by atoms with Crippen LogP contribution in [0.1, 0.15) is 18.7 Å². The lowest BCUT2D eigenvalue weighted by atomic mass is 10.1. The van der Waals surface area contributed by atoms with E-state index in [1.54, 1.807) is 17.9 Å². The molecule has 8 heteroatoms. The highest BCUT2D eigenvalue weighted by Gasteiger charge is 2.54. The van der Waals surface area contributed by atoms with Gasteiger partial charge < -0.3 is 20.8 Å². The van der Waals surface area contributed by atoms with Crippen molar-refractivity contribution in [2.24, 2.45) is 23.4 Å². The molecule has 2 rings (SSSR count). The van der Waals surface area contributed by atoms with Gasteiger partial charge >= 0.3 is 0 Å². The molecule has 1 aliphatic carbocycles. The van der Waals surface area contributed by atoms with Crippen molar-refractivity contribution in [3.8, 4) is 0 Å². The van der Waals surface area contributed by atoms with E-state index in [0.29, 0.717) is 18.7 Å². The number of amidine groups is 1. The fourth-order valence-corrected chi connectivity index (χ4v) is 1.62. The second-order valence-corrected chi connectivity index (χ2v) is 4.11. The van der Waals surface area contributed by atoms with E-state index in [0.717, 1.165) is 0 Å². The van der Waals surface area contributed by atoms with E-state index in [1.165, 1.54) is 0 Å². The van der Waals surface area contributed by atoms with Crippen molar-refractivity contribution >= 4 is 11.7 Å². The molecule has 1 aliphatic rings. The molecule has 0 aromatic carbocycles. The van der Waals surface area contributed by atoms with E-state index in [4.69, 9.17) is 10.9 Å². The van der Waals surface area contributed by atoms with Crippen molar-refractivity contribution in [2.75, 3.05) is 0 Å². The zero-order chi connectivity index (χ0) is 12.5. The van der Waals surface area contributed by atoms with Crippen molar-refractivity contribution in [1.29, 1.82) is 0 Å². The van der Waals surface area contributed by atoms with E-state index in [2.05, 4.69) is 20.7 Å². The Morgan fingerprint density at radius 1 is 1.76 bits per heavy atom. The zero-order valence-electron chi connectivity index (χ0n) is 9.42. The van der Waals surface area contributed by atoms with Crippen molar-refractivity contribution in [3.05, 3.63) is 12.2 Å². The summed E-state index contributed by atoms with van der Waals surface area (Å²) < 4.78 is 1.71. The highest BCUT2D eigenvalue weighted by atomic mass is 16.4. The largest absolute Gasteiger partial charge is 0.409 e. The molecule has 1 aromatic heterocycles. The third kappa shape index (κ3) is 1.93. The maximum atomic E-state index is 11.9. The fraction of sp³-hybridized carbons (Fsp3) is 0.556. The van der Waals surface area contributed by atoms with Gasteiger partial charge in [0, 0.05) is 7.05 Å². The first-order valence-electron chi connectivity index (χ1n) is 5.19. The van der Waals surface area contributed by atoms with Crippen LogP contribution in [0.3, 0.4) is 0 Å². The predicted octanol–water partition coefficient (Wildman–Crippen LogP) is -1.04. The highest BCUT2D eigenvalue weighted by molar-refractivity contribution is 6.09. The van der Waals surface area contributed by atoms with Gasteiger partial charge in [0.2, 0.25) is 5.91 Å². The molecule has 17 heavy (non-hydrogen) atoms. The molecule has 0 bridgehead atoms. The Balaban J connectivity index is 1.97. The van der Waals surface area contributed by atoms with E-state index < -0.39 is 5.41 Å². The van der Waals surface area contributed by atoms with Gasteiger partial charge in [-0.25, -0.2) is 0 Å². The Hall–Kier alpha value is -2.12. The summed E-state index contributed by atoms with van der Waals surface area (Å²) in [4.78, 5) is 11.9. The second-order valence-electron chi connectivity index (χ2n) is 4.11. The van der Waals surface area contributed by atoms with Crippen LogP contribution in [-0.4, -0.2) is 31.7 Å². The molecule has 1 amide bonds. The summed E-state index contributed by atoms with van der Waals surface area (Å²) in [7, 11) is 1.79. The predicted molar refractivity (Wildman–Crippen MR) is 57.9 cm³/mol. The van der Waals surface area contributed by atoms with Gasteiger partial charge in [-0.3, -0.25) is 4.79 Å². The van der Waals surface area contributed by atoms with E-state index >= 15 is 0 Å². The number of carbonyl (C=O) groups excluding carboxylic acids is 1. The Kier molecular flexibility index (Phi) is 2.70. The average molecular weight is 238 g/mol. The summed E-state index contributed by atoms with van der Waals surface area (Å²) in [6.45, 7) is 0.274. The van der Waals surface area contributed by atoms with Gasteiger partial charge in [-0.1, -0.05) is 5.16 Å². The molecule has 0 atom stereocenters. The molecule has 1 aromatic rings. The number of aromatic nitrogens is 3. The first-order valence-corrected chi connectivity index (χ1v) is 5.19. The minimum atomic E-state index is -0.826. The van der Waals surface area contributed by atoms with E-state index in [9.17, 15) is 4.79 Å². The van der Waals surface area contributed by atoms with Crippen molar-refractivity contribution in [1.82, 2.24) is 20.1 Å². The van der Waals surface area contributed by atoms with Crippen LogP contribution >= 0.6 is 0 Å². The Bertz CT molecular complexity index is 462. The van der Waals surface area contributed by atoms with Crippen LogP contribution in [0.25, 0.3) is 0 Å². The molecule has 0 saturated heterocycles. The van der Waals surface area contributed by atoms with Crippen LogP contribution in [0.2, 0.25) is 0 Å². The normalized spacial score (nSPS) is 17.8. The molecule has 92 valence electrons. The van der Waals surface area contributed by atoms with Crippen LogP contribution < -0.4 is 11.1 Å². The molecule has 8 nitrogen and oxygen atoms in total. The average Bonchev–Trinajstić information content (AvgIpc) is 3.04. The van der Waals surface area contributed by atoms with Gasteiger partial charge in [0.25, 0.3) is 0 Å². The van der Waals surface area contributed by atoms with Gasteiger partial charge in [-0.05, 0) is 12.8 Å². The van der Waals surface area contributed by atoms with Crippen LogP contribution in [0.4, 0.5) is 0 Å². The topological polar surface area (TPSA) is 118 Å². The van der Waals surface area contributed by atoms with Crippen LogP contribution in [0.15, 0.2) is 11.5 Å². The summed E-state index contributed by atoms with van der Waals surface area (Å²) in [6.07, 6.45) is 2.76. The smallest absolute Gasteiger partial charge is 0.234 e. The number of hydrogen-bond acceptors (Lipinski definition) is 5.